The third-order valence-corrected chi connectivity index (χ3v) is 6.81. The van der Waals surface area contributed by atoms with Crippen molar-refractivity contribution >= 4 is 10.1 Å². The van der Waals surface area contributed by atoms with Gasteiger partial charge in [-0.3, -0.25) is 4.18 Å². The summed E-state index contributed by atoms with van der Waals surface area (Å²) in [6.07, 6.45) is 7.62. The van der Waals surface area contributed by atoms with Gasteiger partial charge in [0.05, 0.1) is 11.0 Å². The largest absolute Gasteiger partial charge is 0.297 e. The molecule has 0 aliphatic heterocycles. The quantitative estimate of drug-likeness (QED) is 0.635. The molecule has 5 atom stereocenters. The van der Waals surface area contributed by atoms with Crippen LogP contribution in [0.1, 0.15) is 24.8 Å². The van der Waals surface area contributed by atoms with Crippen molar-refractivity contribution in [2.24, 2.45) is 23.7 Å². The highest BCUT2D eigenvalue weighted by molar-refractivity contribution is 7.86. The van der Waals surface area contributed by atoms with Crippen LogP contribution in [0.2, 0.25) is 0 Å². The second-order valence-electron chi connectivity index (χ2n) is 6.67. The van der Waals surface area contributed by atoms with E-state index in [4.69, 9.17) is 4.18 Å². The van der Waals surface area contributed by atoms with Crippen molar-refractivity contribution in [2.75, 3.05) is 0 Å². The van der Waals surface area contributed by atoms with Crippen LogP contribution in [0.25, 0.3) is 0 Å². The molecule has 21 heavy (non-hydrogen) atoms. The summed E-state index contributed by atoms with van der Waals surface area (Å²) in [7, 11) is -3.64. The van der Waals surface area contributed by atoms with E-state index in [1.807, 2.05) is 19.1 Å². The zero-order valence-corrected chi connectivity index (χ0v) is 12.9. The van der Waals surface area contributed by atoms with Gasteiger partial charge in [-0.05, 0) is 62.0 Å². The Hall–Kier alpha value is -1.13. The summed E-state index contributed by atoms with van der Waals surface area (Å²) in [6, 6.07) is 6.90. The fraction of sp³-hybridized carbons (Fsp3) is 0.529. The molecule has 4 heteroatoms. The summed E-state index contributed by atoms with van der Waals surface area (Å²) in [4.78, 5) is 0.273. The van der Waals surface area contributed by atoms with Gasteiger partial charge in [0, 0.05) is 0 Å². The molecular weight excluding hydrogens is 284 g/mol. The van der Waals surface area contributed by atoms with Crippen LogP contribution in [0.5, 0.6) is 0 Å². The van der Waals surface area contributed by atoms with Gasteiger partial charge in [-0.1, -0.05) is 29.8 Å². The molecular formula is C17H20O3S. The van der Waals surface area contributed by atoms with Gasteiger partial charge < -0.3 is 0 Å². The Morgan fingerprint density at radius 2 is 1.76 bits per heavy atom. The Morgan fingerprint density at radius 1 is 1.05 bits per heavy atom. The molecule has 4 rings (SSSR count). The molecule has 0 N–H and O–H groups in total. The number of rotatable bonds is 3. The summed E-state index contributed by atoms with van der Waals surface area (Å²) in [6.45, 7) is 1.94. The number of hydrogen-bond acceptors (Lipinski definition) is 3. The maximum atomic E-state index is 12.5. The zero-order valence-electron chi connectivity index (χ0n) is 12.1. The van der Waals surface area contributed by atoms with E-state index < -0.39 is 10.1 Å². The lowest BCUT2D eigenvalue weighted by Crippen LogP contribution is -2.28. The van der Waals surface area contributed by atoms with Gasteiger partial charge >= 0.3 is 0 Å². The summed E-state index contributed by atoms with van der Waals surface area (Å²) in [5.74, 6) is 2.23. The first-order chi connectivity index (χ1) is 10.0. The smallest absolute Gasteiger partial charge is 0.263 e. The van der Waals surface area contributed by atoms with E-state index in [-0.39, 0.29) is 11.0 Å². The van der Waals surface area contributed by atoms with Crippen LogP contribution in [0.3, 0.4) is 0 Å². The van der Waals surface area contributed by atoms with E-state index in [9.17, 15) is 8.42 Å². The molecule has 1 aromatic rings. The predicted molar refractivity (Wildman–Crippen MR) is 80.2 cm³/mol. The number of allylic oxidation sites excluding steroid dienone is 2. The van der Waals surface area contributed by atoms with Crippen LogP contribution in [0.15, 0.2) is 41.3 Å². The zero-order chi connectivity index (χ0) is 14.6. The first-order valence-corrected chi connectivity index (χ1v) is 9.14. The monoisotopic (exact) mass is 304 g/mol. The van der Waals surface area contributed by atoms with Crippen molar-refractivity contribution < 1.29 is 12.6 Å². The van der Waals surface area contributed by atoms with Crippen molar-refractivity contribution in [3.8, 4) is 0 Å². The van der Waals surface area contributed by atoms with Crippen LogP contribution in [0, 0.1) is 30.6 Å². The minimum absolute atomic E-state index is 0.138. The van der Waals surface area contributed by atoms with Crippen LogP contribution >= 0.6 is 0 Å². The molecule has 0 saturated heterocycles. The normalized spacial score (nSPS) is 37.1. The Balaban J connectivity index is 1.56. The Kier molecular flexibility index (Phi) is 3.02. The highest BCUT2D eigenvalue weighted by Crippen LogP contribution is 2.56. The van der Waals surface area contributed by atoms with Crippen LogP contribution in [0.4, 0.5) is 0 Å². The standard InChI is InChI=1S/C17H20O3S/c1-11-2-6-14(7-3-11)21(18,19)20-16-9-8-15-12-4-5-13(10-12)17(15)16/h2-7,12-13,15-17H,8-10H2,1H3/t12-,13+,15-,16+,17+/m0/s1. The second-order valence-corrected chi connectivity index (χ2v) is 8.24. The summed E-state index contributed by atoms with van der Waals surface area (Å²) in [5.41, 5.74) is 1.05. The minimum atomic E-state index is -3.64. The third kappa shape index (κ3) is 2.16. The first-order valence-electron chi connectivity index (χ1n) is 7.73. The molecule has 2 fully saturated rings. The Morgan fingerprint density at radius 3 is 2.52 bits per heavy atom. The topological polar surface area (TPSA) is 43.4 Å². The van der Waals surface area contributed by atoms with Crippen LogP contribution < -0.4 is 0 Å². The molecule has 0 amide bonds. The number of aryl methyl sites for hydroxylation is 1. The predicted octanol–water partition coefficient (Wildman–Crippen LogP) is 3.30. The summed E-state index contributed by atoms with van der Waals surface area (Å²) >= 11 is 0. The Bertz CT molecular complexity index is 674. The third-order valence-electron chi connectivity index (χ3n) is 5.46. The van der Waals surface area contributed by atoms with Crippen LogP contribution in [-0.2, 0) is 14.3 Å². The molecule has 112 valence electrons. The molecule has 0 unspecified atom stereocenters. The SMILES string of the molecule is Cc1ccc(S(=O)(=O)O[C@@H]2CC[C@@H]3[C@H]2[C@@H]2C=C[C@H]3C2)cc1. The lowest BCUT2D eigenvalue weighted by molar-refractivity contribution is 0.138. The van der Waals surface area contributed by atoms with Crippen molar-refractivity contribution in [1.29, 1.82) is 0 Å². The van der Waals surface area contributed by atoms with E-state index in [1.165, 1.54) is 6.42 Å². The highest BCUT2D eigenvalue weighted by atomic mass is 32.2. The van der Waals surface area contributed by atoms with E-state index in [1.54, 1.807) is 12.1 Å². The number of fused-ring (bicyclic) bond motifs is 5. The molecule has 2 saturated carbocycles. The molecule has 3 aliphatic rings. The van der Waals surface area contributed by atoms with Gasteiger partial charge in [-0.2, -0.15) is 8.42 Å². The maximum absolute atomic E-state index is 12.5. The van der Waals surface area contributed by atoms with E-state index in [0.29, 0.717) is 23.7 Å². The fourth-order valence-electron chi connectivity index (χ4n) is 4.51. The Labute approximate surface area is 126 Å². The lowest BCUT2D eigenvalue weighted by Gasteiger charge is -2.25. The molecule has 2 bridgehead atoms. The van der Waals surface area contributed by atoms with Crippen molar-refractivity contribution in [3.63, 3.8) is 0 Å². The summed E-state index contributed by atoms with van der Waals surface area (Å²) in [5, 5.41) is 0. The van der Waals surface area contributed by atoms with Gasteiger partial charge in [0.1, 0.15) is 0 Å². The highest BCUT2D eigenvalue weighted by Gasteiger charge is 2.52. The average Bonchev–Trinajstić information content (AvgIpc) is 3.12. The van der Waals surface area contributed by atoms with Gasteiger partial charge in [0.25, 0.3) is 10.1 Å². The first kappa shape index (κ1) is 13.5. The molecule has 0 spiro atoms. The lowest BCUT2D eigenvalue weighted by atomic mass is 9.85. The number of benzene rings is 1. The van der Waals surface area contributed by atoms with Gasteiger partial charge in [0.2, 0.25) is 0 Å². The van der Waals surface area contributed by atoms with E-state index in [0.717, 1.165) is 18.4 Å². The summed E-state index contributed by atoms with van der Waals surface area (Å²) < 4.78 is 30.5. The van der Waals surface area contributed by atoms with Crippen molar-refractivity contribution in [1.82, 2.24) is 0 Å². The van der Waals surface area contributed by atoms with Gasteiger partial charge in [-0.25, -0.2) is 0 Å². The van der Waals surface area contributed by atoms with E-state index >= 15 is 0 Å². The van der Waals surface area contributed by atoms with Crippen molar-refractivity contribution in [2.45, 2.75) is 37.2 Å². The minimum Gasteiger partial charge on any atom is -0.263 e. The maximum Gasteiger partial charge on any atom is 0.297 e. The molecule has 0 heterocycles. The molecule has 3 nitrogen and oxygen atoms in total. The average molecular weight is 304 g/mol. The van der Waals surface area contributed by atoms with Crippen LogP contribution in [-0.4, -0.2) is 14.5 Å². The van der Waals surface area contributed by atoms with E-state index in [2.05, 4.69) is 12.2 Å². The van der Waals surface area contributed by atoms with Crippen molar-refractivity contribution in [3.05, 3.63) is 42.0 Å². The molecule has 1 aromatic carbocycles. The van der Waals surface area contributed by atoms with Gasteiger partial charge in [-0.15, -0.1) is 0 Å². The fourth-order valence-corrected chi connectivity index (χ4v) is 5.64. The molecule has 3 aliphatic carbocycles. The second kappa shape index (κ2) is 4.68. The molecule has 0 aromatic heterocycles. The molecule has 0 radical (unpaired) electrons. The van der Waals surface area contributed by atoms with Gasteiger partial charge in [0.15, 0.2) is 0 Å². The number of hydrogen-bond donors (Lipinski definition) is 0.